The van der Waals surface area contributed by atoms with Gasteiger partial charge in [-0.1, -0.05) is 42.5 Å². The minimum absolute atomic E-state index is 0.555. The normalized spacial score (nSPS) is 10.6. The van der Waals surface area contributed by atoms with Gasteiger partial charge in [0, 0.05) is 23.2 Å². The number of aromatic nitrogens is 1. The van der Waals surface area contributed by atoms with Crippen LogP contribution in [0.5, 0.6) is 17.2 Å². The molecular formula is C24H21NO3. The summed E-state index contributed by atoms with van der Waals surface area (Å²) in [5, 5.41) is 1.000. The van der Waals surface area contributed by atoms with Gasteiger partial charge in [0.15, 0.2) is 11.5 Å². The summed E-state index contributed by atoms with van der Waals surface area (Å²) < 4.78 is 16.6. The number of fused-ring (bicyclic) bond motifs is 1. The molecule has 4 heteroatoms. The predicted molar refractivity (Wildman–Crippen MR) is 111 cm³/mol. The molecule has 0 bridgehead atoms. The highest BCUT2D eigenvalue weighted by molar-refractivity contribution is 5.86. The number of hydrogen-bond acceptors (Lipinski definition) is 4. The largest absolute Gasteiger partial charge is 0.493 e. The number of pyridine rings is 1. The molecule has 0 radical (unpaired) electrons. The van der Waals surface area contributed by atoms with Crippen molar-refractivity contribution in [2.24, 2.45) is 0 Å². The molecule has 0 aliphatic rings. The quantitative estimate of drug-likeness (QED) is 0.449. The van der Waals surface area contributed by atoms with Crippen LogP contribution < -0.4 is 14.2 Å². The molecule has 4 rings (SSSR count). The highest BCUT2D eigenvalue weighted by atomic mass is 16.5. The summed E-state index contributed by atoms with van der Waals surface area (Å²) in [6, 6.07) is 24.1. The van der Waals surface area contributed by atoms with E-state index in [4.69, 9.17) is 14.2 Å². The van der Waals surface area contributed by atoms with Gasteiger partial charge in [-0.3, -0.25) is 4.98 Å². The van der Waals surface area contributed by atoms with Crippen molar-refractivity contribution < 1.29 is 14.2 Å². The number of benzene rings is 3. The van der Waals surface area contributed by atoms with E-state index in [1.165, 1.54) is 0 Å². The molecule has 1 heterocycles. The molecule has 0 saturated heterocycles. The van der Waals surface area contributed by atoms with Gasteiger partial charge in [0.2, 0.25) is 0 Å². The molecular weight excluding hydrogens is 350 g/mol. The summed E-state index contributed by atoms with van der Waals surface area (Å²) in [4.78, 5) is 4.57. The Hall–Kier alpha value is -3.53. The van der Waals surface area contributed by atoms with Crippen molar-refractivity contribution in [3.05, 3.63) is 84.6 Å². The van der Waals surface area contributed by atoms with E-state index < -0.39 is 0 Å². The fourth-order valence-electron chi connectivity index (χ4n) is 3.10. The van der Waals surface area contributed by atoms with Crippen molar-refractivity contribution in [1.29, 1.82) is 0 Å². The van der Waals surface area contributed by atoms with Gasteiger partial charge in [-0.05, 0) is 35.4 Å². The van der Waals surface area contributed by atoms with E-state index in [1.54, 1.807) is 14.2 Å². The Morgan fingerprint density at radius 3 is 2.18 bits per heavy atom. The molecule has 1 aromatic heterocycles. The third-order valence-electron chi connectivity index (χ3n) is 4.62. The van der Waals surface area contributed by atoms with Crippen LogP contribution in [0, 0.1) is 0 Å². The lowest BCUT2D eigenvalue weighted by atomic mass is 10.0. The third kappa shape index (κ3) is 3.76. The Kier molecular flexibility index (Phi) is 5.11. The van der Waals surface area contributed by atoms with Crippen molar-refractivity contribution in [2.75, 3.05) is 14.2 Å². The van der Waals surface area contributed by atoms with Gasteiger partial charge in [-0.15, -0.1) is 0 Å². The van der Waals surface area contributed by atoms with Crippen molar-refractivity contribution in [3.8, 4) is 28.4 Å². The summed E-state index contributed by atoms with van der Waals surface area (Å²) in [6.45, 7) is 0.555. The molecule has 0 fully saturated rings. The number of hydrogen-bond donors (Lipinski definition) is 0. The molecule has 0 amide bonds. The molecule has 4 aromatic rings. The van der Waals surface area contributed by atoms with Crippen LogP contribution in [0.2, 0.25) is 0 Å². The molecule has 4 nitrogen and oxygen atoms in total. The molecule has 0 aliphatic heterocycles. The summed E-state index contributed by atoms with van der Waals surface area (Å²) >= 11 is 0. The maximum atomic E-state index is 5.86. The predicted octanol–water partition coefficient (Wildman–Crippen LogP) is 5.50. The number of ether oxygens (including phenoxy) is 3. The van der Waals surface area contributed by atoms with E-state index >= 15 is 0 Å². The van der Waals surface area contributed by atoms with Crippen molar-refractivity contribution in [1.82, 2.24) is 4.98 Å². The second-order valence-corrected chi connectivity index (χ2v) is 6.42. The SMILES string of the molecule is COc1cc2cc(-c3ccc(OCc4ccccc4)cc3)cnc2cc1OC. The first-order chi connectivity index (χ1) is 13.8. The Morgan fingerprint density at radius 2 is 1.46 bits per heavy atom. The maximum absolute atomic E-state index is 5.86. The van der Waals surface area contributed by atoms with Crippen LogP contribution >= 0.6 is 0 Å². The fourth-order valence-corrected chi connectivity index (χ4v) is 3.10. The minimum Gasteiger partial charge on any atom is -0.493 e. The zero-order chi connectivity index (χ0) is 19.3. The summed E-state index contributed by atoms with van der Waals surface area (Å²) in [5.74, 6) is 2.21. The first kappa shape index (κ1) is 17.9. The third-order valence-corrected chi connectivity index (χ3v) is 4.62. The van der Waals surface area contributed by atoms with Gasteiger partial charge in [-0.25, -0.2) is 0 Å². The second-order valence-electron chi connectivity index (χ2n) is 6.42. The average molecular weight is 371 g/mol. The van der Waals surface area contributed by atoms with E-state index in [-0.39, 0.29) is 0 Å². The van der Waals surface area contributed by atoms with Crippen LogP contribution in [0.1, 0.15) is 5.56 Å². The number of rotatable bonds is 6. The van der Waals surface area contributed by atoms with E-state index in [0.717, 1.165) is 33.3 Å². The van der Waals surface area contributed by atoms with E-state index in [2.05, 4.69) is 23.2 Å². The standard InChI is InChI=1S/C24H21NO3/c1-26-23-13-19-12-20(15-25-22(19)14-24(23)27-2)18-8-10-21(11-9-18)28-16-17-6-4-3-5-7-17/h3-15H,16H2,1-2H3. The molecule has 3 aromatic carbocycles. The zero-order valence-corrected chi connectivity index (χ0v) is 15.9. The number of methoxy groups -OCH3 is 2. The van der Waals surface area contributed by atoms with Crippen LogP contribution in [0.4, 0.5) is 0 Å². The van der Waals surface area contributed by atoms with Crippen LogP contribution in [-0.2, 0) is 6.61 Å². The smallest absolute Gasteiger partial charge is 0.162 e. The number of nitrogens with zero attached hydrogens (tertiary/aromatic N) is 1. The summed E-state index contributed by atoms with van der Waals surface area (Å²) in [7, 11) is 3.26. The summed E-state index contributed by atoms with van der Waals surface area (Å²) in [6.07, 6.45) is 1.87. The van der Waals surface area contributed by atoms with Crippen LogP contribution in [0.25, 0.3) is 22.0 Å². The van der Waals surface area contributed by atoms with Crippen molar-refractivity contribution >= 4 is 10.9 Å². The molecule has 0 atom stereocenters. The molecule has 0 spiro atoms. The molecule has 0 aliphatic carbocycles. The maximum Gasteiger partial charge on any atom is 0.162 e. The van der Waals surface area contributed by atoms with E-state index in [0.29, 0.717) is 18.1 Å². The topological polar surface area (TPSA) is 40.6 Å². The highest BCUT2D eigenvalue weighted by Crippen LogP contribution is 2.33. The average Bonchev–Trinajstić information content (AvgIpc) is 2.77. The lowest BCUT2D eigenvalue weighted by Crippen LogP contribution is -1.94. The molecule has 28 heavy (non-hydrogen) atoms. The van der Waals surface area contributed by atoms with Crippen molar-refractivity contribution in [2.45, 2.75) is 6.61 Å². The van der Waals surface area contributed by atoms with Crippen LogP contribution in [0.15, 0.2) is 79.0 Å². The molecule has 140 valence electrons. The molecule has 0 N–H and O–H groups in total. The van der Waals surface area contributed by atoms with Gasteiger partial charge >= 0.3 is 0 Å². The van der Waals surface area contributed by atoms with Crippen LogP contribution in [-0.4, -0.2) is 19.2 Å². The Bertz CT molecular complexity index is 1080. The zero-order valence-electron chi connectivity index (χ0n) is 15.9. The van der Waals surface area contributed by atoms with Gasteiger partial charge in [-0.2, -0.15) is 0 Å². The lowest BCUT2D eigenvalue weighted by molar-refractivity contribution is 0.306. The first-order valence-electron chi connectivity index (χ1n) is 9.06. The van der Waals surface area contributed by atoms with E-state index in [1.807, 2.05) is 60.8 Å². The fraction of sp³-hybridized carbons (Fsp3) is 0.125. The van der Waals surface area contributed by atoms with Gasteiger partial charge < -0.3 is 14.2 Å². The van der Waals surface area contributed by atoms with Crippen molar-refractivity contribution in [3.63, 3.8) is 0 Å². The van der Waals surface area contributed by atoms with Gasteiger partial charge in [0.05, 0.1) is 19.7 Å². The minimum atomic E-state index is 0.555. The Morgan fingerprint density at radius 1 is 0.750 bits per heavy atom. The monoisotopic (exact) mass is 371 g/mol. The molecule has 0 unspecified atom stereocenters. The second kappa shape index (κ2) is 8.01. The van der Waals surface area contributed by atoms with Crippen LogP contribution in [0.3, 0.4) is 0 Å². The Balaban J connectivity index is 1.55. The highest BCUT2D eigenvalue weighted by Gasteiger charge is 2.08. The molecule has 0 saturated carbocycles. The lowest BCUT2D eigenvalue weighted by Gasteiger charge is -2.10. The van der Waals surface area contributed by atoms with Gasteiger partial charge in [0.25, 0.3) is 0 Å². The summed E-state index contributed by atoms with van der Waals surface area (Å²) in [5.41, 5.74) is 4.13. The van der Waals surface area contributed by atoms with E-state index in [9.17, 15) is 0 Å². The first-order valence-corrected chi connectivity index (χ1v) is 9.06. The Labute approximate surface area is 164 Å². The van der Waals surface area contributed by atoms with Gasteiger partial charge in [0.1, 0.15) is 12.4 Å².